The molecular formula is C36H47NO6. The minimum atomic E-state index is -1.01. The summed E-state index contributed by atoms with van der Waals surface area (Å²) in [7, 11) is 0. The maximum Gasteiger partial charge on any atom is 0.349 e. The monoisotopic (exact) mass is 589 g/mol. The molecule has 0 heterocycles. The van der Waals surface area contributed by atoms with E-state index in [1.807, 2.05) is 80.6 Å². The van der Waals surface area contributed by atoms with Crippen LogP contribution in [0, 0.1) is 46.3 Å². The molecule has 0 aliphatic carbocycles. The van der Waals surface area contributed by atoms with Crippen molar-refractivity contribution in [2.45, 2.75) is 67.7 Å². The Morgan fingerprint density at radius 2 is 1.37 bits per heavy atom. The third kappa shape index (κ3) is 10.4. The van der Waals surface area contributed by atoms with Crippen LogP contribution in [-0.2, 0) is 23.9 Å². The van der Waals surface area contributed by atoms with Crippen LogP contribution < -0.4 is 0 Å². The molecule has 0 aliphatic heterocycles. The van der Waals surface area contributed by atoms with E-state index in [9.17, 15) is 24.8 Å². The van der Waals surface area contributed by atoms with Crippen LogP contribution in [-0.4, -0.2) is 36.2 Å². The summed E-state index contributed by atoms with van der Waals surface area (Å²) in [6.07, 6.45) is 2.28. The molecule has 0 fully saturated rings. The molecule has 0 saturated carbocycles. The van der Waals surface area contributed by atoms with Crippen LogP contribution in [0.15, 0.2) is 66.2 Å². The van der Waals surface area contributed by atoms with E-state index in [2.05, 4.69) is 20.8 Å². The van der Waals surface area contributed by atoms with Gasteiger partial charge in [0, 0.05) is 11.0 Å². The normalized spacial score (nSPS) is 13.5. The number of carbonyl (C=O) groups is 3. The molecule has 2 rings (SSSR count). The van der Waals surface area contributed by atoms with Gasteiger partial charge in [-0.3, -0.25) is 9.59 Å². The first kappa shape index (κ1) is 35.3. The zero-order valence-electron chi connectivity index (χ0n) is 26.6. The van der Waals surface area contributed by atoms with Gasteiger partial charge in [-0.25, -0.2) is 4.79 Å². The smallest absolute Gasteiger partial charge is 0.349 e. The minimum absolute atomic E-state index is 0.0734. The average Bonchev–Trinajstić information content (AvgIpc) is 2.97. The van der Waals surface area contributed by atoms with Crippen molar-refractivity contribution in [3.05, 3.63) is 77.4 Å². The second-order valence-electron chi connectivity index (χ2n) is 12.7. The van der Waals surface area contributed by atoms with Crippen LogP contribution in [0.1, 0.15) is 78.9 Å². The van der Waals surface area contributed by atoms with Crippen molar-refractivity contribution in [3.8, 4) is 6.07 Å². The largest absolute Gasteiger partial charge is 0.481 e. The van der Waals surface area contributed by atoms with Gasteiger partial charge in [0.2, 0.25) is 0 Å². The van der Waals surface area contributed by atoms with Crippen molar-refractivity contribution in [1.82, 2.24) is 0 Å². The van der Waals surface area contributed by atoms with E-state index in [0.29, 0.717) is 29.0 Å². The van der Waals surface area contributed by atoms with Crippen molar-refractivity contribution in [2.75, 3.05) is 13.2 Å². The number of aliphatic carboxylic acids is 1. The molecule has 1 N–H and O–H groups in total. The molecule has 2 aromatic rings. The molecular weight excluding hydrogens is 542 g/mol. The summed E-state index contributed by atoms with van der Waals surface area (Å²) in [5, 5.41) is 20.0. The van der Waals surface area contributed by atoms with Gasteiger partial charge >= 0.3 is 17.9 Å². The highest BCUT2D eigenvalue weighted by Gasteiger charge is 2.39. The molecule has 0 bridgehead atoms. The number of carboxylic acids is 1. The molecule has 0 radical (unpaired) electrons. The number of nitrogens with zero attached hydrogens (tertiary/aromatic N) is 1. The highest BCUT2D eigenvalue weighted by molar-refractivity contribution is 6.05. The maximum absolute atomic E-state index is 13.5. The van der Waals surface area contributed by atoms with Gasteiger partial charge in [0.25, 0.3) is 0 Å². The van der Waals surface area contributed by atoms with E-state index in [0.717, 1.165) is 12.8 Å². The van der Waals surface area contributed by atoms with Gasteiger partial charge in [-0.05, 0) is 35.3 Å². The lowest BCUT2D eigenvalue weighted by Crippen LogP contribution is -2.38. The Morgan fingerprint density at radius 3 is 1.79 bits per heavy atom. The quantitative estimate of drug-likeness (QED) is 0.122. The first-order chi connectivity index (χ1) is 20.3. The van der Waals surface area contributed by atoms with E-state index in [4.69, 9.17) is 9.47 Å². The van der Waals surface area contributed by atoms with Crippen LogP contribution in [0.2, 0.25) is 0 Å². The van der Waals surface area contributed by atoms with Gasteiger partial charge < -0.3 is 14.6 Å². The zero-order chi connectivity index (χ0) is 32.2. The Labute approximate surface area is 256 Å². The molecule has 7 heteroatoms. The van der Waals surface area contributed by atoms with Crippen molar-refractivity contribution in [2.24, 2.45) is 35.0 Å². The van der Waals surface area contributed by atoms with Gasteiger partial charge in [-0.1, -0.05) is 122 Å². The predicted octanol–water partition coefficient (Wildman–Crippen LogP) is 7.56. The van der Waals surface area contributed by atoms with E-state index in [1.54, 1.807) is 13.8 Å². The van der Waals surface area contributed by atoms with E-state index >= 15 is 0 Å². The topological polar surface area (TPSA) is 114 Å². The van der Waals surface area contributed by atoms with Crippen molar-refractivity contribution >= 4 is 23.5 Å². The van der Waals surface area contributed by atoms with Gasteiger partial charge in [0.1, 0.15) is 18.2 Å². The zero-order valence-corrected chi connectivity index (χ0v) is 26.6. The summed E-state index contributed by atoms with van der Waals surface area (Å²) < 4.78 is 11.4. The third-order valence-electron chi connectivity index (χ3n) is 7.79. The SMILES string of the molecule is CCCC(CC(C(=O)OCC(C)(C)COC(=O)C(C#N)=C(c1ccccc1)c1ccccc1)C(C(=O)O)C(C)C)C(C)C. The fraction of sp³-hybridized carbons (Fsp3) is 0.500. The van der Waals surface area contributed by atoms with E-state index < -0.39 is 35.2 Å². The average molecular weight is 590 g/mol. The Balaban J connectivity index is 2.23. The fourth-order valence-electron chi connectivity index (χ4n) is 5.35. The van der Waals surface area contributed by atoms with Crippen LogP contribution in [0.3, 0.4) is 0 Å². The lowest BCUT2D eigenvalue weighted by Gasteiger charge is -2.31. The third-order valence-corrected chi connectivity index (χ3v) is 7.79. The van der Waals surface area contributed by atoms with Gasteiger partial charge in [-0.2, -0.15) is 5.26 Å². The van der Waals surface area contributed by atoms with Crippen LogP contribution in [0.5, 0.6) is 0 Å². The number of hydrogen-bond acceptors (Lipinski definition) is 6. The Hall–Kier alpha value is -3.92. The lowest BCUT2D eigenvalue weighted by molar-refractivity contribution is -0.164. The number of rotatable bonds is 16. The molecule has 43 heavy (non-hydrogen) atoms. The minimum Gasteiger partial charge on any atom is -0.481 e. The molecule has 0 saturated heterocycles. The molecule has 3 atom stereocenters. The molecule has 0 amide bonds. The number of benzene rings is 2. The molecule has 0 aromatic heterocycles. The summed E-state index contributed by atoms with van der Waals surface area (Å²) in [6, 6.07) is 20.4. The van der Waals surface area contributed by atoms with E-state index in [1.165, 1.54) is 0 Å². The van der Waals surface area contributed by atoms with Gasteiger partial charge in [-0.15, -0.1) is 0 Å². The standard InChI is InChI=1S/C36H47NO6/c1-8-15-28(24(2)3)20-29(31(25(4)5)33(38)39)34(40)42-22-36(6,7)23-43-35(41)30(21-37)32(26-16-11-9-12-17-26)27-18-13-10-14-19-27/h9-14,16-19,24-25,28-29,31H,8,15,20,22-23H2,1-7H3,(H,38,39). The lowest BCUT2D eigenvalue weighted by atomic mass is 9.75. The summed E-state index contributed by atoms with van der Waals surface area (Å²) in [5.74, 6) is -3.75. The number of hydrogen-bond donors (Lipinski definition) is 1. The first-order valence-corrected chi connectivity index (χ1v) is 15.1. The Bertz CT molecular complexity index is 1230. The number of carboxylic acid groups (broad SMARTS) is 1. The molecule has 0 spiro atoms. The van der Waals surface area contributed by atoms with Crippen LogP contribution in [0.25, 0.3) is 5.57 Å². The maximum atomic E-state index is 13.5. The van der Waals surface area contributed by atoms with Crippen molar-refractivity contribution in [3.63, 3.8) is 0 Å². The summed E-state index contributed by atoms with van der Waals surface area (Å²) >= 11 is 0. The molecule has 232 valence electrons. The van der Waals surface area contributed by atoms with Crippen LogP contribution in [0.4, 0.5) is 0 Å². The van der Waals surface area contributed by atoms with Gasteiger partial charge in [0.15, 0.2) is 0 Å². The summed E-state index contributed by atoms with van der Waals surface area (Å²) in [5.41, 5.74) is 0.987. The highest BCUT2D eigenvalue weighted by Crippen LogP contribution is 2.34. The summed E-state index contributed by atoms with van der Waals surface area (Å²) in [4.78, 5) is 39.0. The molecule has 3 unspecified atom stereocenters. The predicted molar refractivity (Wildman–Crippen MR) is 168 cm³/mol. The number of nitriles is 1. The van der Waals surface area contributed by atoms with Crippen LogP contribution >= 0.6 is 0 Å². The molecule has 7 nitrogen and oxygen atoms in total. The Kier molecular flexibility index (Phi) is 13.7. The number of esters is 2. The fourth-order valence-corrected chi connectivity index (χ4v) is 5.35. The summed E-state index contributed by atoms with van der Waals surface area (Å²) in [6.45, 7) is 13.3. The second kappa shape index (κ2) is 16.6. The van der Waals surface area contributed by atoms with Crippen molar-refractivity contribution < 1.29 is 29.0 Å². The van der Waals surface area contributed by atoms with Crippen molar-refractivity contribution in [1.29, 1.82) is 5.26 Å². The Morgan fingerprint density at radius 1 is 0.860 bits per heavy atom. The number of carbonyl (C=O) groups excluding carboxylic acids is 2. The molecule has 0 aliphatic rings. The molecule has 2 aromatic carbocycles. The van der Waals surface area contributed by atoms with E-state index in [-0.39, 0.29) is 30.6 Å². The van der Waals surface area contributed by atoms with Gasteiger partial charge in [0.05, 0.1) is 18.4 Å². The number of ether oxygens (including phenoxy) is 2. The second-order valence-corrected chi connectivity index (χ2v) is 12.7. The first-order valence-electron chi connectivity index (χ1n) is 15.1. The highest BCUT2D eigenvalue weighted by atomic mass is 16.5.